The minimum atomic E-state index is 0.0310. The van der Waals surface area contributed by atoms with E-state index < -0.39 is 0 Å². The molecule has 0 aromatic carbocycles. The van der Waals surface area contributed by atoms with E-state index in [9.17, 15) is 4.79 Å². The van der Waals surface area contributed by atoms with Crippen molar-refractivity contribution in [1.29, 1.82) is 0 Å². The second kappa shape index (κ2) is 5.97. The number of carbonyl (C=O) groups is 1. The highest BCUT2D eigenvalue weighted by molar-refractivity contribution is 9.10. The van der Waals surface area contributed by atoms with Crippen LogP contribution in [0.5, 0.6) is 0 Å². The molecule has 110 valence electrons. The molecule has 3 heterocycles. The third-order valence-electron chi connectivity index (χ3n) is 3.69. The Morgan fingerprint density at radius 3 is 3.14 bits per heavy atom. The maximum Gasteiger partial charge on any atom is 0.217 e. The van der Waals surface area contributed by atoms with Crippen LogP contribution in [0.3, 0.4) is 0 Å². The Hall–Kier alpha value is -1.69. The number of halogens is 1. The molecule has 1 amide bonds. The lowest BCUT2D eigenvalue weighted by Crippen LogP contribution is -2.47. The van der Waals surface area contributed by atoms with Crippen molar-refractivity contribution in [3.05, 3.63) is 29.0 Å². The van der Waals surface area contributed by atoms with Gasteiger partial charge in [-0.25, -0.2) is 0 Å². The second-order valence-corrected chi connectivity index (χ2v) is 6.25. The summed E-state index contributed by atoms with van der Waals surface area (Å²) >= 11 is 3.43. The van der Waals surface area contributed by atoms with E-state index in [1.165, 1.54) is 0 Å². The van der Waals surface area contributed by atoms with Crippen molar-refractivity contribution in [2.24, 2.45) is 0 Å². The van der Waals surface area contributed by atoms with Gasteiger partial charge in [-0.15, -0.1) is 0 Å². The van der Waals surface area contributed by atoms with Crippen LogP contribution in [0.1, 0.15) is 19.8 Å². The Morgan fingerprint density at radius 1 is 1.48 bits per heavy atom. The summed E-state index contributed by atoms with van der Waals surface area (Å²) < 4.78 is 0.925. The largest absolute Gasteiger partial charge is 0.368 e. The number of nitrogens with zero attached hydrogens (tertiary/aromatic N) is 3. The number of piperidine rings is 1. The number of nitrogens with one attached hydrogen (secondary N) is 1. The first-order valence-corrected chi connectivity index (χ1v) is 7.85. The molecule has 3 rings (SSSR count). The van der Waals surface area contributed by atoms with Gasteiger partial charge in [0.2, 0.25) is 5.91 Å². The fourth-order valence-corrected chi connectivity index (χ4v) is 3.17. The number of aromatic nitrogens is 2. The van der Waals surface area contributed by atoms with Crippen LogP contribution in [0.2, 0.25) is 0 Å². The molecule has 1 N–H and O–H groups in total. The summed E-state index contributed by atoms with van der Waals surface area (Å²) in [5.41, 5.74) is 2.87. The van der Waals surface area contributed by atoms with E-state index >= 15 is 0 Å². The highest BCUT2D eigenvalue weighted by Crippen LogP contribution is 2.27. The van der Waals surface area contributed by atoms with Crippen LogP contribution in [-0.2, 0) is 4.79 Å². The van der Waals surface area contributed by atoms with E-state index in [1.54, 1.807) is 13.1 Å². The smallest absolute Gasteiger partial charge is 0.217 e. The molecule has 5 nitrogen and oxygen atoms in total. The van der Waals surface area contributed by atoms with E-state index in [0.717, 1.165) is 47.1 Å². The Kier molecular flexibility index (Phi) is 4.05. The van der Waals surface area contributed by atoms with Crippen molar-refractivity contribution in [2.45, 2.75) is 25.8 Å². The van der Waals surface area contributed by atoms with Gasteiger partial charge >= 0.3 is 0 Å². The average molecular weight is 349 g/mol. The third kappa shape index (κ3) is 3.15. The van der Waals surface area contributed by atoms with Gasteiger partial charge in [0.15, 0.2) is 0 Å². The molecule has 1 atom stereocenters. The van der Waals surface area contributed by atoms with Gasteiger partial charge in [0.1, 0.15) is 5.52 Å². The molecule has 6 heteroatoms. The van der Waals surface area contributed by atoms with Crippen molar-refractivity contribution in [2.75, 3.05) is 18.0 Å². The van der Waals surface area contributed by atoms with Gasteiger partial charge < -0.3 is 10.2 Å². The predicted molar refractivity (Wildman–Crippen MR) is 86.3 cm³/mol. The summed E-state index contributed by atoms with van der Waals surface area (Å²) in [5.74, 6) is 0.0310. The molecule has 1 unspecified atom stereocenters. The minimum Gasteiger partial charge on any atom is -0.368 e. The zero-order valence-corrected chi connectivity index (χ0v) is 13.4. The number of fused-ring (bicyclic) bond motifs is 1. The molecule has 0 spiro atoms. The lowest BCUT2D eigenvalue weighted by molar-refractivity contribution is -0.119. The van der Waals surface area contributed by atoms with Crippen LogP contribution in [0.25, 0.3) is 11.0 Å². The number of carbonyl (C=O) groups excluding carboxylic acids is 1. The van der Waals surface area contributed by atoms with Gasteiger partial charge in [-0.2, -0.15) is 0 Å². The Bertz CT molecular complexity index is 676. The molecule has 2 aromatic heterocycles. The molecule has 0 aliphatic carbocycles. The van der Waals surface area contributed by atoms with Gasteiger partial charge in [-0.3, -0.25) is 14.8 Å². The monoisotopic (exact) mass is 348 g/mol. The Labute approximate surface area is 131 Å². The lowest BCUT2D eigenvalue weighted by atomic mass is 10.0. The first-order chi connectivity index (χ1) is 10.1. The van der Waals surface area contributed by atoms with Crippen molar-refractivity contribution >= 4 is 38.6 Å². The van der Waals surface area contributed by atoms with E-state index in [1.807, 2.05) is 18.3 Å². The Morgan fingerprint density at radius 2 is 2.33 bits per heavy atom. The molecule has 2 aromatic rings. The van der Waals surface area contributed by atoms with Crippen LogP contribution in [0.15, 0.2) is 29.0 Å². The van der Waals surface area contributed by atoms with Crippen LogP contribution < -0.4 is 10.2 Å². The summed E-state index contributed by atoms with van der Waals surface area (Å²) in [6.45, 7) is 3.36. The van der Waals surface area contributed by atoms with Gasteiger partial charge in [0.25, 0.3) is 0 Å². The van der Waals surface area contributed by atoms with Crippen LogP contribution >= 0.6 is 15.9 Å². The molecule has 21 heavy (non-hydrogen) atoms. The van der Waals surface area contributed by atoms with E-state index in [2.05, 4.69) is 36.1 Å². The fraction of sp³-hybridized carbons (Fsp3) is 0.400. The summed E-state index contributed by atoms with van der Waals surface area (Å²) in [5, 5.41) is 3.01. The fourth-order valence-electron chi connectivity index (χ4n) is 2.85. The topological polar surface area (TPSA) is 58.1 Å². The molecule has 1 fully saturated rings. The molecule has 1 aliphatic rings. The highest BCUT2D eigenvalue weighted by atomic mass is 79.9. The van der Waals surface area contributed by atoms with E-state index in [-0.39, 0.29) is 11.9 Å². The zero-order valence-electron chi connectivity index (χ0n) is 11.8. The maximum absolute atomic E-state index is 11.2. The molecule has 0 saturated carbocycles. The van der Waals surface area contributed by atoms with Gasteiger partial charge in [-0.1, -0.05) is 0 Å². The summed E-state index contributed by atoms with van der Waals surface area (Å²) in [6.07, 6.45) is 5.69. The number of pyridine rings is 2. The lowest BCUT2D eigenvalue weighted by Gasteiger charge is -2.34. The van der Waals surface area contributed by atoms with E-state index in [0.29, 0.717) is 0 Å². The SMILES string of the molecule is CC(=O)NC1CCCN(c2ccnc3cc(Br)cnc23)C1. The number of amides is 1. The number of anilines is 1. The van der Waals surface area contributed by atoms with Crippen molar-refractivity contribution in [3.8, 4) is 0 Å². The van der Waals surface area contributed by atoms with Crippen molar-refractivity contribution in [3.63, 3.8) is 0 Å². The van der Waals surface area contributed by atoms with Crippen molar-refractivity contribution < 1.29 is 4.79 Å². The first-order valence-electron chi connectivity index (χ1n) is 7.06. The van der Waals surface area contributed by atoms with Crippen molar-refractivity contribution in [1.82, 2.24) is 15.3 Å². The maximum atomic E-state index is 11.2. The quantitative estimate of drug-likeness (QED) is 0.905. The Balaban J connectivity index is 1.91. The predicted octanol–water partition coefficient (Wildman–Crippen LogP) is 2.50. The van der Waals surface area contributed by atoms with Gasteiger partial charge in [0, 0.05) is 42.9 Å². The average Bonchev–Trinajstić information content (AvgIpc) is 2.46. The van der Waals surface area contributed by atoms with Crippen LogP contribution in [0.4, 0.5) is 5.69 Å². The number of hydrogen-bond acceptors (Lipinski definition) is 4. The van der Waals surface area contributed by atoms with Crippen LogP contribution in [-0.4, -0.2) is 35.0 Å². The summed E-state index contributed by atoms with van der Waals surface area (Å²) in [7, 11) is 0. The van der Waals surface area contributed by atoms with Gasteiger partial charge in [-0.05, 0) is 40.9 Å². The third-order valence-corrected chi connectivity index (χ3v) is 4.13. The normalized spacial score (nSPS) is 18.8. The summed E-state index contributed by atoms with van der Waals surface area (Å²) in [4.78, 5) is 22.4. The zero-order chi connectivity index (χ0) is 14.8. The molecule has 1 saturated heterocycles. The minimum absolute atomic E-state index is 0.0310. The summed E-state index contributed by atoms with van der Waals surface area (Å²) in [6, 6.07) is 4.18. The number of hydrogen-bond donors (Lipinski definition) is 1. The van der Waals surface area contributed by atoms with Gasteiger partial charge in [0.05, 0.1) is 11.2 Å². The molecule has 0 radical (unpaired) electrons. The standard InChI is InChI=1S/C15H17BrN4O/c1-10(21)19-12-3-2-6-20(9-12)14-4-5-17-13-7-11(16)8-18-15(13)14/h4-5,7-8,12H,2-3,6,9H2,1H3,(H,19,21). The first kappa shape index (κ1) is 14.3. The number of rotatable bonds is 2. The second-order valence-electron chi connectivity index (χ2n) is 5.34. The molecule has 1 aliphatic heterocycles. The molecular weight excluding hydrogens is 332 g/mol. The molecular formula is C15H17BrN4O. The highest BCUT2D eigenvalue weighted by Gasteiger charge is 2.22. The van der Waals surface area contributed by atoms with Crippen LogP contribution in [0, 0.1) is 0 Å². The van der Waals surface area contributed by atoms with E-state index in [4.69, 9.17) is 0 Å². The molecule has 0 bridgehead atoms.